The van der Waals surface area contributed by atoms with Crippen LogP contribution in [0, 0.1) is 0 Å². The van der Waals surface area contributed by atoms with Crippen LogP contribution in [0.5, 0.6) is 0 Å². The largest absolute Gasteiger partial charge is 2.00 e. The fourth-order valence-corrected chi connectivity index (χ4v) is 2.05. The summed E-state index contributed by atoms with van der Waals surface area (Å²) in [4.78, 5) is 0. The molecule has 3 nitrogen and oxygen atoms in total. The summed E-state index contributed by atoms with van der Waals surface area (Å²) in [6.45, 7) is 0.785. The molecule has 4 heteroatoms. The van der Waals surface area contributed by atoms with Gasteiger partial charge in [-0.15, -0.1) is 10.7 Å². The van der Waals surface area contributed by atoms with Gasteiger partial charge < -0.3 is 0 Å². The SMILES string of the molecule is [Fe+2].c1cc[cH-]c1.c1ccc2c(c1)nnn2C[c-]1cccc1. The molecule has 0 amide bonds. The van der Waals surface area contributed by atoms with Gasteiger partial charge in [0.15, 0.2) is 0 Å². The van der Waals surface area contributed by atoms with Crippen LogP contribution in [0.3, 0.4) is 0 Å². The maximum Gasteiger partial charge on any atom is 2.00 e. The Kier molecular flexibility index (Phi) is 5.50. The van der Waals surface area contributed by atoms with Crippen LogP contribution in [0.4, 0.5) is 0 Å². The Bertz CT molecular complexity index is 722. The van der Waals surface area contributed by atoms with Gasteiger partial charge >= 0.3 is 17.1 Å². The molecule has 0 atom stereocenters. The van der Waals surface area contributed by atoms with Crippen LogP contribution in [0.25, 0.3) is 11.0 Å². The molecule has 4 aromatic rings. The second kappa shape index (κ2) is 7.58. The predicted molar refractivity (Wildman–Crippen MR) is 80.7 cm³/mol. The number of hydrogen-bond acceptors (Lipinski definition) is 2. The average Bonchev–Trinajstić information content (AvgIpc) is 3.24. The van der Waals surface area contributed by atoms with Crippen LogP contribution in [-0.2, 0) is 23.6 Å². The van der Waals surface area contributed by atoms with Crippen molar-refractivity contribution in [2.24, 2.45) is 0 Å². The molecule has 21 heavy (non-hydrogen) atoms. The third-order valence-corrected chi connectivity index (χ3v) is 3.04. The van der Waals surface area contributed by atoms with E-state index in [1.165, 1.54) is 5.56 Å². The maximum absolute atomic E-state index is 4.14. The molecule has 1 heterocycles. The number of hydrogen-bond donors (Lipinski definition) is 0. The summed E-state index contributed by atoms with van der Waals surface area (Å²) in [6, 6.07) is 26.3. The number of rotatable bonds is 2. The second-order valence-electron chi connectivity index (χ2n) is 4.49. The zero-order valence-corrected chi connectivity index (χ0v) is 12.5. The minimum Gasteiger partial charge on any atom is -0.252 e. The van der Waals surface area contributed by atoms with Crippen molar-refractivity contribution in [1.82, 2.24) is 15.0 Å². The van der Waals surface area contributed by atoms with Crippen molar-refractivity contribution in [2.75, 3.05) is 0 Å². The topological polar surface area (TPSA) is 30.7 Å². The van der Waals surface area contributed by atoms with Gasteiger partial charge in [0.2, 0.25) is 0 Å². The molecule has 0 bridgehead atoms. The van der Waals surface area contributed by atoms with Crippen LogP contribution in [0.15, 0.2) is 78.9 Å². The molecule has 0 aliphatic carbocycles. The Morgan fingerprint density at radius 2 is 1.67 bits per heavy atom. The molecule has 0 saturated carbocycles. The van der Waals surface area contributed by atoms with E-state index in [4.69, 9.17) is 0 Å². The van der Waals surface area contributed by atoms with Gasteiger partial charge in [-0.3, -0.25) is 4.68 Å². The van der Waals surface area contributed by atoms with Crippen molar-refractivity contribution in [3.05, 3.63) is 84.4 Å². The normalized spacial score (nSPS) is 9.71. The molecule has 0 saturated heterocycles. The van der Waals surface area contributed by atoms with Crippen molar-refractivity contribution in [1.29, 1.82) is 0 Å². The van der Waals surface area contributed by atoms with E-state index in [1.54, 1.807) is 0 Å². The zero-order valence-electron chi connectivity index (χ0n) is 11.4. The van der Waals surface area contributed by atoms with E-state index in [2.05, 4.69) is 22.4 Å². The Morgan fingerprint density at radius 1 is 0.952 bits per heavy atom. The molecular weight excluding hydrogens is 302 g/mol. The van der Waals surface area contributed by atoms with Gasteiger partial charge in [-0.1, -0.05) is 17.3 Å². The number of aromatic nitrogens is 3. The van der Waals surface area contributed by atoms with Crippen LogP contribution < -0.4 is 0 Å². The van der Waals surface area contributed by atoms with Crippen molar-refractivity contribution >= 4 is 11.0 Å². The average molecular weight is 317 g/mol. The molecule has 0 radical (unpaired) electrons. The summed E-state index contributed by atoms with van der Waals surface area (Å²) in [5, 5.41) is 8.25. The third-order valence-electron chi connectivity index (χ3n) is 3.04. The number of fused-ring (bicyclic) bond motifs is 1. The molecular formula is C17H15FeN3. The van der Waals surface area contributed by atoms with E-state index in [0.717, 1.165) is 17.6 Å². The quantitative estimate of drug-likeness (QED) is 0.418. The minimum atomic E-state index is 0. The molecule has 0 fully saturated rings. The van der Waals surface area contributed by atoms with Gasteiger partial charge in [0.05, 0.1) is 5.52 Å². The summed E-state index contributed by atoms with van der Waals surface area (Å²) in [5.74, 6) is 0. The first-order chi connectivity index (χ1) is 9.93. The van der Waals surface area contributed by atoms with Crippen molar-refractivity contribution in [3.63, 3.8) is 0 Å². The van der Waals surface area contributed by atoms with Crippen molar-refractivity contribution in [2.45, 2.75) is 6.54 Å². The Labute approximate surface area is 134 Å². The van der Waals surface area contributed by atoms with Gasteiger partial charge in [-0.2, -0.15) is 30.3 Å². The van der Waals surface area contributed by atoms with Crippen LogP contribution in [-0.4, -0.2) is 15.0 Å². The van der Waals surface area contributed by atoms with E-state index >= 15 is 0 Å². The summed E-state index contributed by atoms with van der Waals surface area (Å²) in [5.41, 5.74) is 3.29. The molecule has 3 aromatic carbocycles. The number of benzene rings is 1. The Hall–Kier alpha value is -2.16. The van der Waals surface area contributed by atoms with Crippen LogP contribution in [0.2, 0.25) is 0 Å². The van der Waals surface area contributed by atoms with E-state index < -0.39 is 0 Å². The maximum atomic E-state index is 4.14. The van der Waals surface area contributed by atoms with E-state index in [1.807, 2.05) is 71.4 Å². The fraction of sp³-hybridized carbons (Fsp3) is 0.0588. The van der Waals surface area contributed by atoms with Crippen molar-refractivity contribution < 1.29 is 17.1 Å². The molecule has 106 valence electrons. The molecule has 4 rings (SSSR count). The summed E-state index contributed by atoms with van der Waals surface area (Å²) >= 11 is 0. The Balaban J connectivity index is 0.000000231. The third kappa shape index (κ3) is 3.91. The molecule has 0 aliphatic heterocycles. The molecule has 1 aromatic heterocycles. The monoisotopic (exact) mass is 317 g/mol. The minimum absolute atomic E-state index is 0. The van der Waals surface area contributed by atoms with Gasteiger partial charge in [-0.25, -0.2) is 24.3 Å². The molecule has 0 unspecified atom stereocenters. The molecule has 0 spiro atoms. The van der Waals surface area contributed by atoms with Crippen LogP contribution >= 0.6 is 0 Å². The molecule has 0 N–H and O–H groups in total. The van der Waals surface area contributed by atoms with E-state index in [0.29, 0.717) is 0 Å². The van der Waals surface area contributed by atoms with Crippen LogP contribution in [0.1, 0.15) is 5.56 Å². The first-order valence-corrected chi connectivity index (χ1v) is 6.59. The summed E-state index contributed by atoms with van der Waals surface area (Å²) < 4.78 is 1.92. The van der Waals surface area contributed by atoms with E-state index in [9.17, 15) is 0 Å². The van der Waals surface area contributed by atoms with E-state index in [-0.39, 0.29) is 17.1 Å². The standard InChI is InChI=1S/C12H10N3.C5H5.Fe/c1-2-6-10(5-1)9-15-12-8-4-3-7-11(12)13-14-15;1-2-4-5-3-1;/h1-8H,9H2;1-5H;/q2*-1;+2. The van der Waals surface area contributed by atoms with Gasteiger partial charge in [-0.05, 0) is 12.1 Å². The predicted octanol–water partition coefficient (Wildman–Crippen LogP) is 3.60. The van der Waals surface area contributed by atoms with Gasteiger partial charge in [0.25, 0.3) is 0 Å². The second-order valence-corrected chi connectivity index (χ2v) is 4.49. The number of para-hydroxylation sites is 1. The molecule has 0 aliphatic rings. The number of nitrogens with zero attached hydrogens (tertiary/aromatic N) is 3. The first kappa shape index (κ1) is 15.2. The Morgan fingerprint density at radius 3 is 2.33 bits per heavy atom. The fourth-order valence-electron chi connectivity index (χ4n) is 2.05. The van der Waals surface area contributed by atoms with Gasteiger partial charge in [0, 0.05) is 6.54 Å². The van der Waals surface area contributed by atoms with Gasteiger partial charge in [0.1, 0.15) is 5.52 Å². The van der Waals surface area contributed by atoms with Crippen molar-refractivity contribution in [3.8, 4) is 0 Å². The summed E-state index contributed by atoms with van der Waals surface area (Å²) in [6.07, 6.45) is 0. The summed E-state index contributed by atoms with van der Waals surface area (Å²) in [7, 11) is 0. The smallest absolute Gasteiger partial charge is 0.252 e. The zero-order chi connectivity index (χ0) is 13.6. The first-order valence-electron chi connectivity index (χ1n) is 6.59.